The first-order valence-corrected chi connectivity index (χ1v) is 12.2. The van der Waals surface area contributed by atoms with Gasteiger partial charge in [0.05, 0.1) is 24.7 Å². The molecule has 2 aliphatic rings. The molecule has 0 spiro atoms. The molecule has 1 amide bonds. The topological polar surface area (TPSA) is 88.2 Å². The van der Waals surface area contributed by atoms with Crippen LogP contribution in [0.5, 0.6) is 0 Å². The Morgan fingerprint density at radius 1 is 1.20 bits per heavy atom. The lowest BCUT2D eigenvalue weighted by molar-refractivity contribution is 0.00166. The number of morpholine rings is 1. The van der Waals surface area contributed by atoms with Crippen LogP contribution in [0.2, 0.25) is 0 Å². The molecule has 1 aromatic carbocycles. The zero-order chi connectivity index (χ0) is 21.6. The zero-order valence-corrected chi connectivity index (χ0v) is 18.7. The van der Waals surface area contributed by atoms with Gasteiger partial charge in [-0.05, 0) is 24.6 Å². The van der Waals surface area contributed by atoms with Crippen molar-refractivity contribution in [3.63, 3.8) is 0 Å². The first kappa shape index (κ1) is 23.1. The third kappa shape index (κ3) is 5.39. The molecule has 0 bridgehead atoms. The summed E-state index contributed by atoms with van der Waals surface area (Å²) >= 11 is 0. The normalized spacial score (nSPS) is 21.6. The number of rotatable bonds is 9. The third-order valence-corrected chi connectivity index (χ3v) is 7.98. The molecule has 3 rings (SSSR count). The molecule has 2 aliphatic heterocycles. The Kier molecular flexibility index (Phi) is 8.24. The predicted octanol–water partition coefficient (Wildman–Crippen LogP) is 1.18. The molecular formula is C21H33N3O5S. The number of nitrogens with one attached hydrogen (secondary N) is 1. The van der Waals surface area contributed by atoms with Crippen molar-refractivity contribution in [2.45, 2.75) is 31.2 Å². The number of benzene rings is 1. The molecule has 0 aromatic heterocycles. The van der Waals surface area contributed by atoms with Gasteiger partial charge >= 0.3 is 0 Å². The van der Waals surface area contributed by atoms with Gasteiger partial charge in [0, 0.05) is 56.9 Å². The van der Waals surface area contributed by atoms with Gasteiger partial charge in [0.2, 0.25) is 10.0 Å². The molecule has 1 N–H and O–H groups in total. The maximum Gasteiger partial charge on any atom is 0.251 e. The minimum absolute atomic E-state index is 0.146. The van der Waals surface area contributed by atoms with Gasteiger partial charge in [-0.25, -0.2) is 8.42 Å². The highest BCUT2D eigenvalue weighted by Crippen LogP contribution is 2.22. The van der Waals surface area contributed by atoms with Crippen molar-refractivity contribution < 1.29 is 22.7 Å². The molecule has 8 nitrogen and oxygen atoms in total. The van der Waals surface area contributed by atoms with E-state index in [0.717, 1.165) is 26.1 Å². The van der Waals surface area contributed by atoms with Crippen molar-refractivity contribution in [1.29, 1.82) is 0 Å². The average molecular weight is 440 g/mol. The summed E-state index contributed by atoms with van der Waals surface area (Å²) in [5.41, 5.74) is 0.353. The number of sulfonamides is 1. The van der Waals surface area contributed by atoms with Crippen molar-refractivity contribution in [1.82, 2.24) is 14.5 Å². The highest BCUT2D eigenvalue weighted by Gasteiger charge is 2.32. The van der Waals surface area contributed by atoms with Crippen LogP contribution < -0.4 is 5.32 Å². The summed E-state index contributed by atoms with van der Waals surface area (Å²) < 4.78 is 38.0. The Morgan fingerprint density at radius 2 is 1.93 bits per heavy atom. The largest absolute Gasteiger partial charge is 0.381 e. The highest BCUT2D eigenvalue weighted by atomic mass is 32.2. The average Bonchev–Trinajstić information content (AvgIpc) is 3.30. The van der Waals surface area contributed by atoms with Crippen LogP contribution in [-0.2, 0) is 19.5 Å². The van der Waals surface area contributed by atoms with E-state index in [0.29, 0.717) is 50.9 Å². The highest BCUT2D eigenvalue weighted by molar-refractivity contribution is 7.89. The van der Waals surface area contributed by atoms with Crippen molar-refractivity contribution in [3.8, 4) is 0 Å². The number of carbonyl (C=O) groups is 1. The lowest BCUT2D eigenvalue weighted by Crippen LogP contribution is -2.52. The van der Waals surface area contributed by atoms with Gasteiger partial charge in [-0.1, -0.05) is 19.9 Å². The second kappa shape index (κ2) is 10.7. The summed E-state index contributed by atoms with van der Waals surface area (Å²) in [6.07, 6.45) is 0.982. The van der Waals surface area contributed by atoms with E-state index < -0.39 is 10.0 Å². The van der Waals surface area contributed by atoms with E-state index in [2.05, 4.69) is 10.2 Å². The molecule has 168 valence electrons. The number of hydrogen-bond donors (Lipinski definition) is 1. The van der Waals surface area contributed by atoms with Crippen LogP contribution in [0, 0.1) is 5.92 Å². The maximum atomic E-state index is 12.8. The lowest BCUT2D eigenvalue weighted by Gasteiger charge is -2.37. The van der Waals surface area contributed by atoms with Gasteiger partial charge in [0.1, 0.15) is 0 Å². The summed E-state index contributed by atoms with van der Waals surface area (Å²) in [4.78, 5) is 15.4. The fraction of sp³-hybridized carbons (Fsp3) is 0.667. The predicted molar refractivity (Wildman–Crippen MR) is 114 cm³/mol. The molecule has 2 saturated heterocycles. The fourth-order valence-electron chi connectivity index (χ4n) is 4.17. The zero-order valence-electron chi connectivity index (χ0n) is 17.9. The van der Waals surface area contributed by atoms with Crippen LogP contribution in [0.3, 0.4) is 0 Å². The first-order chi connectivity index (χ1) is 14.5. The molecule has 2 unspecified atom stereocenters. The Labute approximate surface area is 179 Å². The lowest BCUT2D eigenvalue weighted by atomic mass is 9.96. The van der Waals surface area contributed by atoms with Crippen LogP contribution in [0.1, 0.15) is 30.6 Å². The summed E-state index contributed by atoms with van der Waals surface area (Å²) in [6.45, 7) is 9.42. The quantitative estimate of drug-likeness (QED) is 0.622. The van der Waals surface area contributed by atoms with Crippen LogP contribution in [0.25, 0.3) is 0 Å². The third-order valence-electron chi connectivity index (χ3n) is 5.93. The van der Waals surface area contributed by atoms with Crippen molar-refractivity contribution in [2.75, 3.05) is 59.2 Å². The van der Waals surface area contributed by atoms with Gasteiger partial charge in [-0.2, -0.15) is 4.31 Å². The van der Waals surface area contributed by atoms with Crippen LogP contribution >= 0.6 is 0 Å². The molecule has 2 atom stereocenters. The maximum absolute atomic E-state index is 12.8. The monoisotopic (exact) mass is 439 g/mol. The van der Waals surface area contributed by atoms with E-state index in [1.54, 1.807) is 26.0 Å². The van der Waals surface area contributed by atoms with E-state index in [1.807, 2.05) is 0 Å². The fourth-order valence-corrected chi connectivity index (χ4v) is 5.67. The summed E-state index contributed by atoms with van der Waals surface area (Å²) in [6, 6.07) is 6.46. The van der Waals surface area contributed by atoms with E-state index in [9.17, 15) is 13.2 Å². The number of ether oxygens (including phenoxy) is 2. The van der Waals surface area contributed by atoms with Crippen molar-refractivity contribution in [3.05, 3.63) is 29.8 Å². The summed E-state index contributed by atoms with van der Waals surface area (Å²) in [7, 11) is -3.60. The molecule has 0 saturated carbocycles. The van der Waals surface area contributed by atoms with Crippen LogP contribution in [0.15, 0.2) is 29.2 Å². The molecule has 2 fully saturated rings. The number of hydrogen-bond acceptors (Lipinski definition) is 6. The first-order valence-electron chi connectivity index (χ1n) is 10.7. The van der Waals surface area contributed by atoms with Gasteiger partial charge < -0.3 is 14.8 Å². The van der Waals surface area contributed by atoms with E-state index in [-0.39, 0.29) is 16.8 Å². The number of nitrogens with zero attached hydrogens (tertiary/aromatic N) is 2. The molecule has 30 heavy (non-hydrogen) atoms. The van der Waals surface area contributed by atoms with E-state index in [4.69, 9.17) is 9.47 Å². The second-order valence-electron chi connectivity index (χ2n) is 7.67. The van der Waals surface area contributed by atoms with Gasteiger partial charge in [0.25, 0.3) is 5.91 Å². The van der Waals surface area contributed by atoms with Gasteiger partial charge in [-0.3, -0.25) is 9.69 Å². The summed E-state index contributed by atoms with van der Waals surface area (Å²) in [5.74, 6) is 0.113. The summed E-state index contributed by atoms with van der Waals surface area (Å²) in [5, 5.41) is 3.02. The van der Waals surface area contributed by atoms with Crippen molar-refractivity contribution >= 4 is 15.9 Å². The standard InChI is InChI=1S/C21H33N3O5S/c1-3-24(4-2)30(26,27)19-7-5-6-17(14-19)21(25)22-15-20(18-8-11-29-16-18)23-9-12-28-13-10-23/h5-7,14,18,20H,3-4,8-13,15-16H2,1-2H3,(H,22,25). The van der Waals surface area contributed by atoms with Crippen molar-refractivity contribution in [2.24, 2.45) is 5.92 Å². The van der Waals surface area contributed by atoms with E-state index >= 15 is 0 Å². The molecule has 2 heterocycles. The number of carbonyl (C=O) groups excluding carboxylic acids is 1. The van der Waals surface area contributed by atoms with Crippen LogP contribution in [-0.4, -0.2) is 88.7 Å². The van der Waals surface area contributed by atoms with Gasteiger partial charge in [0.15, 0.2) is 0 Å². The number of amides is 1. The molecule has 1 aromatic rings. The minimum Gasteiger partial charge on any atom is -0.381 e. The SMILES string of the molecule is CCN(CC)S(=O)(=O)c1cccc(C(=O)NCC(C2CCOC2)N2CCOCC2)c1. The Morgan fingerprint density at radius 3 is 2.57 bits per heavy atom. The molecular weight excluding hydrogens is 406 g/mol. The molecule has 9 heteroatoms. The second-order valence-corrected chi connectivity index (χ2v) is 9.60. The Balaban J connectivity index is 1.70. The van der Waals surface area contributed by atoms with E-state index in [1.165, 1.54) is 16.4 Å². The smallest absolute Gasteiger partial charge is 0.251 e. The van der Waals surface area contributed by atoms with Crippen LogP contribution in [0.4, 0.5) is 0 Å². The molecule has 0 radical (unpaired) electrons. The molecule has 0 aliphatic carbocycles. The Hall–Kier alpha value is -1.52. The Bertz CT molecular complexity index is 801. The van der Waals surface area contributed by atoms with Gasteiger partial charge in [-0.15, -0.1) is 0 Å². The minimum atomic E-state index is -3.60.